The third-order valence-corrected chi connectivity index (χ3v) is 3.84. The number of nitrogens with zero attached hydrogens (tertiary/aromatic N) is 1. The molecule has 1 aromatic rings. The maximum Gasteiger partial charge on any atom is 0.317 e. The summed E-state index contributed by atoms with van der Waals surface area (Å²) in [4.78, 5) is 14.4. The van der Waals surface area contributed by atoms with Crippen LogP contribution >= 0.6 is 12.2 Å². The summed E-state index contributed by atoms with van der Waals surface area (Å²) in [5.41, 5.74) is 7.45. The van der Waals surface area contributed by atoms with Crippen LogP contribution in [-0.4, -0.2) is 29.0 Å². The van der Waals surface area contributed by atoms with Gasteiger partial charge in [-0.3, -0.25) is 0 Å². The lowest BCUT2D eigenvalue weighted by Gasteiger charge is -2.31. The molecule has 0 saturated carbocycles. The monoisotopic (exact) mass is 291 g/mol. The number of nitrogens with two attached hydrogens (primary N) is 1. The molecule has 5 heteroatoms. The number of carbonyl (C=O) groups is 1. The van der Waals surface area contributed by atoms with Gasteiger partial charge in [-0.2, -0.15) is 0 Å². The van der Waals surface area contributed by atoms with Crippen LogP contribution in [0.5, 0.6) is 0 Å². The molecule has 2 rings (SSSR count). The molecule has 0 aliphatic carbocycles. The van der Waals surface area contributed by atoms with Crippen LogP contribution < -0.4 is 11.1 Å². The van der Waals surface area contributed by atoms with Crippen LogP contribution in [0.1, 0.15) is 30.9 Å². The van der Waals surface area contributed by atoms with Crippen molar-refractivity contribution in [1.29, 1.82) is 0 Å². The highest BCUT2D eigenvalue weighted by molar-refractivity contribution is 7.80. The second-order valence-corrected chi connectivity index (χ2v) is 5.86. The van der Waals surface area contributed by atoms with Gasteiger partial charge >= 0.3 is 6.03 Å². The van der Waals surface area contributed by atoms with E-state index in [1.54, 1.807) is 0 Å². The third kappa shape index (κ3) is 3.93. The van der Waals surface area contributed by atoms with Crippen molar-refractivity contribution in [3.63, 3.8) is 0 Å². The van der Waals surface area contributed by atoms with E-state index in [4.69, 9.17) is 18.0 Å². The molecule has 1 heterocycles. The Hall–Kier alpha value is -1.62. The van der Waals surface area contributed by atoms with Crippen molar-refractivity contribution in [1.82, 2.24) is 10.2 Å². The van der Waals surface area contributed by atoms with Crippen LogP contribution in [0, 0.1) is 5.92 Å². The minimum atomic E-state index is 0.0114. The Morgan fingerprint density at radius 3 is 3.05 bits per heavy atom. The summed E-state index contributed by atoms with van der Waals surface area (Å²) < 4.78 is 0. The van der Waals surface area contributed by atoms with Gasteiger partial charge in [0, 0.05) is 25.2 Å². The molecule has 1 aromatic carbocycles. The summed E-state index contributed by atoms with van der Waals surface area (Å²) >= 11 is 4.95. The molecule has 1 unspecified atom stereocenters. The second kappa shape index (κ2) is 6.70. The molecule has 20 heavy (non-hydrogen) atoms. The second-order valence-electron chi connectivity index (χ2n) is 5.42. The molecular weight excluding hydrogens is 270 g/mol. The Labute approximate surface area is 125 Å². The fourth-order valence-electron chi connectivity index (χ4n) is 2.50. The average Bonchev–Trinajstić information content (AvgIpc) is 2.45. The number of carbonyl (C=O) groups excluding carboxylic acids is 1. The number of hydrogen-bond acceptors (Lipinski definition) is 2. The molecular formula is C15H21N3OS. The van der Waals surface area contributed by atoms with Crippen molar-refractivity contribution in [2.45, 2.75) is 26.3 Å². The first kappa shape index (κ1) is 14.8. The minimum Gasteiger partial charge on any atom is -0.389 e. The number of amides is 2. The number of rotatable bonds is 3. The highest BCUT2D eigenvalue weighted by Crippen LogP contribution is 2.15. The highest BCUT2D eigenvalue weighted by atomic mass is 32.1. The molecule has 0 aromatic heterocycles. The van der Waals surface area contributed by atoms with Crippen LogP contribution in [0.2, 0.25) is 0 Å². The number of nitrogens with one attached hydrogen (secondary N) is 1. The molecule has 1 aliphatic rings. The van der Waals surface area contributed by atoms with E-state index in [9.17, 15) is 4.79 Å². The number of benzene rings is 1. The van der Waals surface area contributed by atoms with E-state index in [1.165, 1.54) is 6.42 Å². The van der Waals surface area contributed by atoms with Gasteiger partial charge in [0.2, 0.25) is 0 Å². The zero-order valence-corrected chi connectivity index (χ0v) is 12.6. The van der Waals surface area contributed by atoms with Crippen LogP contribution in [-0.2, 0) is 6.54 Å². The standard InChI is InChI=1S/C15H21N3OS/c1-11-4-3-7-18(10-11)15(19)17-9-12-5-2-6-13(8-12)14(16)20/h2,5-6,8,11H,3-4,7,9-10H2,1H3,(H2,16,20)(H,17,19). The Morgan fingerprint density at radius 1 is 1.55 bits per heavy atom. The normalized spacial score (nSPS) is 18.6. The summed E-state index contributed by atoms with van der Waals surface area (Å²) in [6.07, 6.45) is 2.30. The summed E-state index contributed by atoms with van der Waals surface area (Å²) in [5.74, 6) is 0.590. The zero-order valence-electron chi connectivity index (χ0n) is 11.8. The van der Waals surface area contributed by atoms with Crippen LogP contribution in [0.15, 0.2) is 24.3 Å². The van der Waals surface area contributed by atoms with Gasteiger partial charge in [0.1, 0.15) is 4.99 Å². The van der Waals surface area contributed by atoms with Crippen LogP contribution in [0.4, 0.5) is 4.79 Å². The summed E-state index contributed by atoms with van der Waals surface area (Å²) in [6, 6.07) is 7.67. The SMILES string of the molecule is CC1CCCN(C(=O)NCc2cccc(C(N)=S)c2)C1. The van der Waals surface area contributed by atoms with Gasteiger partial charge < -0.3 is 16.0 Å². The van der Waals surface area contributed by atoms with Crippen molar-refractivity contribution in [2.75, 3.05) is 13.1 Å². The first-order valence-electron chi connectivity index (χ1n) is 6.98. The Morgan fingerprint density at radius 2 is 2.35 bits per heavy atom. The molecule has 1 fully saturated rings. The summed E-state index contributed by atoms with van der Waals surface area (Å²) in [5, 5.41) is 2.96. The largest absolute Gasteiger partial charge is 0.389 e. The average molecular weight is 291 g/mol. The van der Waals surface area contributed by atoms with Crippen molar-refractivity contribution < 1.29 is 4.79 Å². The number of likely N-dealkylation sites (tertiary alicyclic amines) is 1. The number of thiocarbonyl (C=S) groups is 1. The van der Waals surface area contributed by atoms with E-state index in [2.05, 4.69) is 12.2 Å². The van der Waals surface area contributed by atoms with Crippen molar-refractivity contribution in [3.8, 4) is 0 Å². The van der Waals surface area contributed by atoms with E-state index < -0.39 is 0 Å². The first-order chi connectivity index (χ1) is 9.56. The van der Waals surface area contributed by atoms with Crippen LogP contribution in [0.3, 0.4) is 0 Å². The Balaban J connectivity index is 1.89. The molecule has 0 spiro atoms. The van der Waals surface area contributed by atoms with E-state index >= 15 is 0 Å². The fourth-order valence-corrected chi connectivity index (χ4v) is 2.62. The zero-order chi connectivity index (χ0) is 14.5. The maximum atomic E-state index is 12.1. The lowest BCUT2D eigenvalue weighted by atomic mass is 10.0. The summed E-state index contributed by atoms with van der Waals surface area (Å²) in [7, 11) is 0. The molecule has 1 aliphatic heterocycles. The van der Waals surface area contributed by atoms with Gasteiger partial charge in [-0.25, -0.2) is 4.79 Å². The first-order valence-corrected chi connectivity index (χ1v) is 7.38. The topological polar surface area (TPSA) is 58.4 Å². The molecule has 0 bridgehead atoms. The molecule has 108 valence electrons. The van der Waals surface area contributed by atoms with E-state index in [1.807, 2.05) is 29.2 Å². The molecule has 2 amide bonds. The van der Waals surface area contributed by atoms with Gasteiger partial charge in [0.05, 0.1) is 0 Å². The van der Waals surface area contributed by atoms with E-state index in [0.717, 1.165) is 30.6 Å². The van der Waals surface area contributed by atoms with Gasteiger partial charge in [0.15, 0.2) is 0 Å². The quantitative estimate of drug-likeness (QED) is 0.840. The number of hydrogen-bond donors (Lipinski definition) is 2. The van der Waals surface area contributed by atoms with Crippen LogP contribution in [0.25, 0.3) is 0 Å². The van der Waals surface area contributed by atoms with E-state index in [-0.39, 0.29) is 6.03 Å². The lowest BCUT2D eigenvalue weighted by Crippen LogP contribution is -2.44. The Bertz CT molecular complexity index is 504. The third-order valence-electron chi connectivity index (χ3n) is 3.60. The smallest absolute Gasteiger partial charge is 0.317 e. The fraction of sp³-hybridized carbons (Fsp3) is 0.467. The van der Waals surface area contributed by atoms with Gasteiger partial charge in [-0.1, -0.05) is 37.3 Å². The molecule has 3 N–H and O–H groups in total. The molecule has 4 nitrogen and oxygen atoms in total. The molecule has 1 atom stereocenters. The highest BCUT2D eigenvalue weighted by Gasteiger charge is 2.20. The van der Waals surface area contributed by atoms with Crippen molar-refractivity contribution in [3.05, 3.63) is 35.4 Å². The number of urea groups is 1. The molecule has 1 saturated heterocycles. The summed E-state index contributed by atoms with van der Waals surface area (Å²) in [6.45, 7) is 4.38. The maximum absolute atomic E-state index is 12.1. The van der Waals surface area contributed by atoms with E-state index in [0.29, 0.717) is 17.5 Å². The van der Waals surface area contributed by atoms with Crippen molar-refractivity contribution >= 4 is 23.2 Å². The van der Waals surface area contributed by atoms with Gasteiger partial charge in [0.25, 0.3) is 0 Å². The van der Waals surface area contributed by atoms with Crippen molar-refractivity contribution in [2.24, 2.45) is 11.7 Å². The predicted molar refractivity (Wildman–Crippen MR) is 84.5 cm³/mol. The predicted octanol–water partition coefficient (Wildman–Crippen LogP) is 2.26. The van der Waals surface area contributed by atoms with Gasteiger partial charge in [-0.05, 0) is 30.4 Å². The molecule has 0 radical (unpaired) electrons. The minimum absolute atomic E-state index is 0.0114. The Kier molecular flexibility index (Phi) is 4.95. The lowest BCUT2D eigenvalue weighted by molar-refractivity contribution is 0.169. The van der Waals surface area contributed by atoms with Gasteiger partial charge in [-0.15, -0.1) is 0 Å². The number of piperidine rings is 1.